The Balaban J connectivity index is 1.51. The maximum Gasteiger partial charge on any atom is 0.227 e. The summed E-state index contributed by atoms with van der Waals surface area (Å²) in [5.41, 5.74) is 2.87. The van der Waals surface area contributed by atoms with Crippen molar-refractivity contribution in [3.63, 3.8) is 0 Å². The van der Waals surface area contributed by atoms with Gasteiger partial charge >= 0.3 is 0 Å². The Bertz CT molecular complexity index is 1160. The number of Topliss-reactive ketones (excluding diaryl/α,β-unsaturated/α-hetero) is 1. The summed E-state index contributed by atoms with van der Waals surface area (Å²) in [5, 5.41) is 8.35. The summed E-state index contributed by atoms with van der Waals surface area (Å²) in [6.07, 6.45) is 2.02. The Kier molecular flexibility index (Phi) is 4.86. The van der Waals surface area contributed by atoms with Crippen molar-refractivity contribution in [2.24, 2.45) is 0 Å². The molecular weight excluding hydrogens is 406 g/mol. The lowest BCUT2D eigenvalue weighted by Crippen LogP contribution is -2.31. The van der Waals surface area contributed by atoms with Crippen molar-refractivity contribution in [2.75, 3.05) is 5.32 Å². The van der Waals surface area contributed by atoms with Crippen molar-refractivity contribution in [2.45, 2.75) is 36.2 Å². The van der Waals surface area contributed by atoms with E-state index in [1.54, 1.807) is 35.0 Å². The fraction of sp³-hybridized carbons (Fsp3) is 0.227. The van der Waals surface area contributed by atoms with Crippen LogP contribution in [0.5, 0.6) is 0 Å². The number of aromatic nitrogens is 3. The van der Waals surface area contributed by atoms with Gasteiger partial charge < -0.3 is 5.32 Å². The van der Waals surface area contributed by atoms with Crippen LogP contribution < -0.4 is 5.32 Å². The number of ketones is 1. The zero-order valence-corrected chi connectivity index (χ0v) is 16.8. The van der Waals surface area contributed by atoms with Crippen LogP contribution in [0.25, 0.3) is 0 Å². The lowest BCUT2D eigenvalue weighted by Gasteiger charge is -2.32. The first-order valence-corrected chi connectivity index (χ1v) is 10.7. The number of hydrogen-bond donors (Lipinski definition) is 1. The Morgan fingerprint density at radius 1 is 1.10 bits per heavy atom. The van der Waals surface area contributed by atoms with Crippen LogP contribution in [0.2, 0.25) is 0 Å². The number of carbonyl (C=O) groups excluding carboxylic acids is 1. The van der Waals surface area contributed by atoms with Crippen molar-refractivity contribution in [3.05, 3.63) is 82.6 Å². The van der Waals surface area contributed by atoms with E-state index in [0.717, 1.165) is 24.1 Å². The number of nitrogens with zero attached hydrogens (tertiary/aromatic N) is 3. The topological polar surface area (TPSA) is 59.8 Å². The van der Waals surface area contributed by atoms with Crippen LogP contribution in [0.1, 0.15) is 36.4 Å². The van der Waals surface area contributed by atoms with Crippen molar-refractivity contribution in [3.8, 4) is 0 Å². The molecule has 0 unspecified atom stereocenters. The minimum absolute atomic E-state index is 0.0692. The average molecular weight is 424 g/mol. The Hall–Kier alpha value is -3.00. The van der Waals surface area contributed by atoms with Gasteiger partial charge in [-0.25, -0.2) is 13.5 Å². The minimum atomic E-state index is -0.458. The molecule has 5 rings (SSSR count). The van der Waals surface area contributed by atoms with Crippen LogP contribution in [0.3, 0.4) is 0 Å². The molecule has 0 spiro atoms. The fourth-order valence-electron chi connectivity index (χ4n) is 3.91. The van der Waals surface area contributed by atoms with E-state index in [4.69, 9.17) is 0 Å². The molecule has 0 radical (unpaired) electrons. The summed E-state index contributed by atoms with van der Waals surface area (Å²) in [4.78, 5) is 17.3. The number of rotatable bonds is 4. The maximum absolute atomic E-state index is 13.9. The number of anilines is 1. The second-order valence-corrected chi connectivity index (χ2v) is 8.23. The van der Waals surface area contributed by atoms with E-state index in [2.05, 4.69) is 15.4 Å². The third-order valence-electron chi connectivity index (χ3n) is 5.35. The van der Waals surface area contributed by atoms with Crippen LogP contribution >= 0.6 is 11.8 Å². The van der Waals surface area contributed by atoms with E-state index in [9.17, 15) is 13.6 Å². The monoisotopic (exact) mass is 424 g/mol. The maximum atomic E-state index is 13.9. The van der Waals surface area contributed by atoms with E-state index < -0.39 is 6.04 Å². The van der Waals surface area contributed by atoms with Crippen LogP contribution in [0.15, 0.2) is 65.0 Å². The van der Waals surface area contributed by atoms with Crippen LogP contribution in [-0.2, 0) is 10.5 Å². The molecule has 8 heteroatoms. The number of allylic oxidation sites excluding steroid dienone is 2. The standard InChI is InChI=1S/C22H18F2N4OS/c23-15-10-8-13(9-11-15)20-19-17(6-3-7-18(19)29)25-21-26-22(27-28(20)21)30-12-14-4-1-2-5-16(14)24/h1-2,4-5,8-11,20H,3,6-7,12H2,(H,25,26,27)/t20-/m0/s1. The molecule has 0 fully saturated rings. The number of nitrogens with one attached hydrogen (secondary N) is 1. The molecule has 2 aliphatic rings. The van der Waals surface area contributed by atoms with Crippen molar-refractivity contribution in [1.82, 2.24) is 14.8 Å². The largest absolute Gasteiger partial charge is 0.328 e. The van der Waals surface area contributed by atoms with E-state index in [-0.39, 0.29) is 17.4 Å². The van der Waals surface area contributed by atoms with Gasteiger partial charge in [-0.1, -0.05) is 42.1 Å². The molecule has 1 N–H and O–H groups in total. The quantitative estimate of drug-likeness (QED) is 0.606. The molecule has 0 saturated heterocycles. The predicted octanol–water partition coefficient (Wildman–Crippen LogP) is 4.87. The molecular formula is C22H18F2N4OS. The molecule has 152 valence electrons. The molecule has 30 heavy (non-hydrogen) atoms. The Morgan fingerprint density at radius 3 is 2.70 bits per heavy atom. The number of thioether (sulfide) groups is 1. The zero-order valence-electron chi connectivity index (χ0n) is 15.9. The third kappa shape index (κ3) is 3.41. The first-order valence-electron chi connectivity index (χ1n) is 9.71. The molecule has 2 heterocycles. The second kappa shape index (κ2) is 7.68. The summed E-state index contributed by atoms with van der Waals surface area (Å²) in [6.45, 7) is 0. The van der Waals surface area contributed by atoms with Gasteiger partial charge in [0.2, 0.25) is 11.1 Å². The highest BCUT2D eigenvalue weighted by Gasteiger charge is 2.36. The first kappa shape index (κ1) is 19.0. The first-order chi connectivity index (χ1) is 14.6. The average Bonchev–Trinajstić information content (AvgIpc) is 3.15. The van der Waals surface area contributed by atoms with Crippen LogP contribution in [0.4, 0.5) is 14.7 Å². The molecule has 0 bridgehead atoms. The summed E-state index contributed by atoms with van der Waals surface area (Å²) in [5.74, 6) is 0.396. The van der Waals surface area contributed by atoms with Gasteiger partial charge in [-0.2, -0.15) is 4.98 Å². The molecule has 0 saturated carbocycles. The molecule has 1 aliphatic heterocycles. The highest BCUT2D eigenvalue weighted by Crippen LogP contribution is 2.40. The highest BCUT2D eigenvalue weighted by atomic mass is 32.2. The summed E-state index contributed by atoms with van der Waals surface area (Å²) in [6, 6.07) is 12.3. The number of carbonyl (C=O) groups is 1. The van der Waals surface area contributed by atoms with Gasteiger partial charge in [-0.3, -0.25) is 4.79 Å². The van der Waals surface area contributed by atoms with Gasteiger partial charge in [0, 0.05) is 23.4 Å². The van der Waals surface area contributed by atoms with E-state index in [0.29, 0.717) is 34.4 Å². The van der Waals surface area contributed by atoms with Crippen molar-refractivity contribution < 1.29 is 13.6 Å². The number of fused-ring (bicyclic) bond motifs is 1. The molecule has 2 aromatic carbocycles. The van der Waals surface area contributed by atoms with Gasteiger partial charge in [-0.05, 0) is 42.2 Å². The third-order valence-corrected chi connectivity index (χ3v) is 6.24. The zero-order chi connectivity index (χ0) is 20.7. The van der Waals surface area contributed by atoms with Crippen molar-refractivity contribution >= 4 is 23.5 Å². The fourth-order valence-corrected chi connectivity index (χ4v) is 4.72. The van der Waals surface area contributed by atoms with E-state index in [1.165, 1.54) is 30.0 Å². The predicted molar refractivity (Wildman–Crippen MR) is 110 cm³/mol. The van der Waals surface area contributed by atoms with Gasteiger partial charge in [0.15, 0.2) is 5.78 Å². The second-order valence-electron chi connectivity index (χ2n) is 7.29. The van der Waals surface area contributed by atoms with Crippen LogP contribution in [-0.4, -0.2) is 20.5 Å². The minimum Gasteiger partial charge on any atom is -0.328 e. The highest BCUT2D eigenvalue weighted by molar-refractivity contribution is 7.98. The van der Waals surface area contributed by atoms with Gasteiger partial charge in [0.05, 0.1) is 0 Å². The normalized spacial score (nSPS) is 18.1. The molecule has 1 atom stereocenters. The molecule has 5 nitrogen and oxygen atoms in total. The Labute approximate surface area is 176 Å². The van der Waals surface area contributed by atoms with Gasteiger partial charge in [0.25, 0.3) is 0 Å². The lowest BCUT2D eigenvalue weighted by molar-refractivity contribution is -0.116. The van der Waals surface area contributed by atoms with E-state index >= 15 is 0 Å². The number of hydrogen-bond acceptors (Lipinski definition) is 5. The molecule has 3 aromatic rings. The van der Waals surface area contributed by atoms with Crippen molar-refractivity contribution in [1.29, 1.82) is 0 Å². The van der Waals surface area contributed by atoms with Crippen LogP contribution in [0, 0.1) is 11.6 Å². The van der Waals surface area contributed by atoms with E-state index in [1.807, 2.05) is 0 Å². The summed E-state index contributed by atoms with van der Waals surface area (Å²) < 4.78 is 29.1. The Morgan fingerprint density at radius 2 is 1.90 bits per heavy atom. The van der Waals surface area contributed by atoms with Gasteiger partial charge in [0.1, 0.15) is 17.7 Å². The molecule has 1 aromatic heterocycles. The molecule has 0 amide bonds. The summed E-state index contributed by atoms with van der Waals surface area (Å²) in [7, 11) is 0. The lowest BCUT2D eigenvalue weighted by atomic mass is 9.85. The summed E-state index contributed by atoms with van der Waals surface area (Å²) >= 11 is 1.33. The smallest absolute Gasteiger partial charge is 0.227 e. The number of benzene rings is 2. The SMILES string of the molecule is O=C1CCCC2=C1[C@H](c1ccc(F)cc1)n1nc(SCc3ccccc3F)nc1N2. The number of halogens is 2. The molecule has 1 aliphatic carbocycles. The van der Waals surface area contributed by atoms with Gasteiger partial charge in [-0.15, -0.1) is 5.10 Å².